The van der Waals surface area contributed by atoms with Gasteiger partial charge in [-0.05, 0) is 50.4 Å². The van der Waals surface area contributed by atoms with Gasteiger partial charge in [0.25, 0.3) is 0 Å². The van der Waals surface area contributed by atoms with E-state index in [4.69, 9.17) is 4.74 Å². The van der Waals surface area contributed by atoms with Crippen LogP contribution in [0.3, 0.4) is 0 Å². The Morgan fingerprint density at radius 2 is 1.69 bits per heavy atom. The van der Waals surface area contributed by atoms with Gasteiger partial charge in [-0.2, -0.15) is 13.2 Å². The number of hydrogen-bond donors (Lipinski definition) is 1. The second-order valence-corrected chi connectivity index (χ2v) is 8.85. The summed E-state index contributed by atoms with van der Waals surface area (Å²) in [5.74, 6) is -1.83. The van der Waals surface area contributed by atoms with E-state index in [1.54, 1.807) is 11.8 Å². The number of amides is 2. The van der Waals surface area contributed by atoms with Crippen molar-refractivity contribution in [3.05, 3.63) is 0 Å². The Morgan fingerprint density at radius 3 is 2.12 bits per heavy atom. The van der Waals surface area contributed by atoms with Crippen LogP contribution >= 0.6 is 0 Å². The van der Waals surface area contributed by atoms with Gasteiger partial charge in [0.1, 0.15) is 6.04 Å². The number of likely N-dealkylation sites (tertiary alicyclic amines) is 1. The molecule has 3 aliphatic rings. The Morgan fingerprint density at radius 1 is 1.15 bits per heavy atom. The van der Waals surface area contributed by atoms with E-state index >= 15 is 0 Å². The fourth-order valence-corrected chi connectivity index (χ4v) is 4.42. The first-order chi connectivity index (χ1) is 11.8. The number of nitrogens with zero attached hydrogens (tertiary/aromatic N) is 1. The van der Waals surface area contributed by atoms with Crippen LogP contribution in [0.1, 0.15) is 47.0 Å². The molecule has 0 bridgehead atoms. The number of halogens is 3. The first-order valence-electron chi connectivity index (χ1n) is 9.19. The van der Waals surface area contributed by atoms with E-state index in [2.05, 4.69) is 13.8 Å². The van der Waals surface area contributed by atoms with Crippen molar-refractivity contribution in [2.45, 2.75) is 70.9 Å². The highest BCUT2D eigenvalue weighted by atomic mass is 19.4. The zero-order valence-corrected chi connectivity index (χ0v) is 15.7. The van der Waals surface area contributed by atoms with E-state index in [-0.39, 0.29) is 5.41 Å². The maximum atomic E-state index is 12.9. The molecular weight excluding hydrogens is 349 g/mol. The lowest BCUT2D eigenvalue weighted by Gasteiger charge is -2.42. The van der Waals surface area contributed by atoms with Crippen molar-refractivity contribution in [3.63, 3.8) is 0 Å². The number of carbonyl (C=O) groups is 2. The maximum absolute atomic E-state index is 12.9. The molecule has 1 N–H and O–H groups in total. The van der Waals surface area contributed by atoms with Crippen molar-refractivity contribution in [2.24, 2.45) is 17.3 Å². The van der Waals surface area contributed by atoms with Crippen LogP contribution in [-0.4, -0.2) is 53.7 Å². The summed E-state index contributed by atoms with van der Waals surface area (Å²) in [5, 5.41) is 1.87. The Hall–Kier alpha value is -1.31. The summed E-state index contributed by atoms with van der Waals surface area (Å²) in [6.45, 7) is 8.77. The van der Waals surface area contributed by atoms with E-state index < -0.39 is 35.7 Å². The predicted octanol–water partition coefficient (Wildman–Crippen LogP) is 2.50. The van der Waals surface area contributed by atoms with Gasteiger partial charge in [0, 0.05) is 13.1 Å². The molecule has 4 atom stereocenters. The second-order valence-electron chi connectivity index (χ2n) is 8.85. The number of piperidine rings is 1. The van der Waals surface area contributed by atoms with E-state index in [0.29, 0.717) is 24.9 Å². The normalized spacial score (nSPS) is 30.8. The first kappa shape index (κ1) is 19.5. The fraction of sp³-hybridized carbons (Fsp3) is 0.889. The molecular formula is C18H27F3N2O3. The van der Waals surface area contributed by atoms with Crippen LogP contribution in [0.5, 0.6) is 0 Å². The Kier molecular flexibility index (Phi) is 4.57. The third kappa shape index (κ3) is 3.44. The number of ether oxygens (including phenoxy) is 1. The third-order valence-electron chi connectivity index (χ3n) is 6.59. The zero-order valence-electron chi connectivity index (χ0n) is 15.7. The van der Waals surface area contributed by atoms with Crippen LogP contribution < -0.4 is 5.32 Å². The number of alkyl halides is 3. The minimum atomic E-state index is -5.03. The first-order valence-corrected chi connectivity index (χ1v) is 9.19. The zero-order chi connectivity index (χ0) is 19.5. The van der Waals surface area contributed by atoms with E-state index in [0.717, 1.165) is 19.3 Å². The van der Waals surface area contributed by atoms with Crippen LogP contribution in [-0.2, 0) is 14.3 Å². The number of nitrogens with one attached hydrogen (secondary N) is 1. The molecule has 8 heteroatoms. The van der Waals surface area contributed by atoms with Crippen LogP contribution in [0.15, 0.2) is 0 Å². The molecule has 2 saturated carbocycles. The van der Waals surface area contributed by atoms with Crippen LogP contribution in [0, 0.1) is 17.3 Å². The molecule has 0 spiro atoms. The highest BCUT2D eigenvalue weighted by molar-refractivity contribution is 5.90. The molecule has 0 aromatic heterocycles. The maximum Gasteiger partial charge on any atom is 0.471 e. The monoisotopic (exact) mass is 376 g/mol. The molecule has 5 nitrogen and oxygen atoms in total. The molecule has 0 aromatic rings. The summed E-state index contributed by atoms with van der Waals surface area (Å²) < 4.78 is 44.0. The van der Waals surface area contributed by atoms with Crippen LogP contribution in [0.2, 0.25) is 0 Å². The summed E-state index contributed by atoms with van der Waals surface area (Å²) in [6.07, 6.45) is -3.28. The smallest absolute Gasteiger partial charge is 0.370 e. The number of carbonyl (C=O) groups excluding carboxylic acids is 2. The third-order valence-corrected chi connectivity index (χ3v) is 6.59. The highest BCUT2D eigenvalue weighted by Gasteiger charge is 2.63. The summed E-state index contributed by atoms with van der Waals surface area (Å²) in [4.78, 5) is 25.9. The van der Waals surface area contributed by atoms with Crippen molar-refractivity contribution in [1.82, 2.24) is 10.2 Å². The topological polar surface area (TPSA) is 58.6 Å². The lowest BCUT2D eigenvalue weighted by atomic mass is 9.81. The van der Waals surface area contributed by atoms with Gasteiger partial charge in [-0.1, -0.05) is 13.8 Å². The second kappa shape index (κ2) is 6.11. The molecule has 3 rings (SSSR count). The minimum absolute atomic E-state index is 0.184. The van der Waals surface area contributed by atoms with Gasteiger partial charge in [0.15, 0.2) is 0 Å². The molecule has 0 unspecified atom stereocenters. The minimum Gasteiger partial charge on any atom is -0.370 e. The Bertz CT molecular complexity index is 587. The standard InChI is InChI=1S/C18H27F3N2O3/c1-10(26-17(4)6-5-7-17)13(22-15(25)18(19,20)21)14(24)23-8-11-12(9-23)16(11,2)3/h10-13H,5-9H2,1-4H3,(H,22,25)/t10-,11-,12+,13+/m1/s1. The molecule has 3 fully saturated rings. The molecule has 1 aliphatic heterocycles. The molecule has 0 aromatic carbocycles. The van der Waals surface area contributed by atoms with Gasteiger partial charge in [-0.15, -0.1) is 0 Å². The lowest BCUT2D eigenvalue weighted by molar-refractivity contribution is -0.179. The van der Waals surface area contributed by atoms with E-state index in [1.807, 2.05) is 12.2 Å². The van der Waals surface area contributed by atoms with Crippen molar-refractivity contribution in [2.75, 3.05) is 13.1 Å². The number of fused-ring (bicyclic) bond motifs is 1. The van der Waals surface area contributed by atoms with Gasteiger partial charge in [-0.3, -0.25) is 9.59 Å². The predicted molar refractivity (Wildman–Crippen MR) is 88.1 cm³/mol. The number of rotatable bonds is 5. The molecule has 2 aliphatic carbocycles. The quantitative estimate of drug-likeness (QED) is 0.802. The van der Waals surface area contributed by atoms with Crippen molar-refractivity contribution >= 4 is 11.8 Å². The summed E-state index contributed by atoms with van der Waals surface area (Å²) >= 11 is 0. The van der Waals surface area contributed by atoms with Gasteiger partial charge in [-0.25, -0.2) is 0 Å². The molecule has 1 heterocycles. The van der Waals surface area contributed by atoms with E-state index in [1.165, 1.54) is 0 Å². The fourth-order valence-electron chi connectivity index (χ4n) is 4.42. The average Bonchev–Trinajstić information content (AvgIpc) is 2.88. The molecule has 1 saturated heterocycles. The molecule has 26 heavy (non-hydrogen) atoms. The largest absolute Gasteiger partial charge is 0.471 e. The van der Waals surface area contributed by atoms with Crippen molar-refractivity contribution in [3.8, 4) is 0 Å². The SMILES string of the molecule is C[C@@H](OC1(C)CCC1)[C@H](NC(=O)C(F)(F)F)C(=O)N1C[C@@H]2[C@H](C1)C2(C)C. The average molecular weight is 376 g/mol. The summed E-state index contributed by atoms with van der Waals surface area (Å²) in [7, 11) is 0. The number of hydrogen-bond acceptors (Lipinski definition) is 3. The van der Waals surface area contributed by atoms with Crippen LogP contribution in [0.4, 0.5) is 13.2 Å². The van der Waals surface area contributed by atoms with Gasteiger partial charge in [0.05, 0.1) is 11.7 Å². The molecule has 2 amide bonds. The van der Waals surface area contributed by atoms with Crippen molar-refractivity contribution in [1.29, 1.82) is 0 Å². The lowest BCUT2D eigenvalue weighted by Crippen LogP contribution is -2.58. The van der Waals surface area contributed by atoms with E-state index in [9.17, 15) is 22.8 Å². The molecule has 0 radical (unpaired) electrons. The van der Waals surface area contributed by atoms with Gasteiger partial charge in [0.2, 0.25) is 5.91 Å². The Labute approximate surface area is 151 Å². The molecule has 148 valence electrons. The van der Waals surface area contributed by atoms with Gasteiger partial charge >= 0.3 is 12.1 Å². The van der Waals surface area contributed by atoms with Crippen molar-refractivity contribution < 1.29 is 27.5 Å². The van der Waals surface area contributed by atoms with Crippen LogP contribution in [0.25, 0.3) is 0 Å². The summed E-state index contributed by atoms with van der Waals surface area (Å²) in [6, 6.07) is -1.33. The Balaban J connectivity index is 1.70. The summed E-state index contributed by atoms with van der Waals surface area (Å²) in [5.41, 5.74) is -0.251. The highest BCUT2D eigenvalue weighted by Crippen LogP contribution is 2.62. The van der Waals surface area contributed by atoms with Gasteiger partial charge < -0.3 is 15.0 Å².